The molecule has 2 amide bonds. The molecular weight excluding hydrogens is 220 g/mol. The van der Waals surface area contributed by atoms with Gasteiger partial charge in [0.2, 0.25) is 11.8 Å². The highest BCUT2D eigenvalue weighted by Gasteiger charge is 2.13. The lowest BCUT2D eigenvalue weighted by Crippen LogP contribution is -2.41. The topological polar surface area (TPSA) is 78.7 Å². The molecule has 17 heavy (non-hydrogen) atoms. The zero-order valence-electron chi connectivity index (χ0n) is 11.0. The summed E-state index contributed by atoms with van der Waals surface area (Å²) in [7, 11) is 3.50. The Labute approximate surface area is 103 Å². The molecule has 0 heterocycles. The Balaban J connectivity index is 3.89. The summed E-state index contributed by atoms with van der Waals surface area (Å²) in [6.07, 6.45) is 0.794. The lowest BCUT2D eigenvalue weighted by Gasteiger charge is -2.21. The molecule has 6 heteroatoms. The Hall–Kier alpha value is -1.14. The minimum Gasteiger partial charge on any atom is -0.355 e. The van der Waals surface area contributed by atoms with Crippen molar-refractivity contribution in [3.63, 3.8) is 0 Å². The Bertz CT molecular complexity index is 246. The number of nitrogens with two attached hydrogens (primary N) is 1. The fourth-order valence-corrected chi connectivity index (χ4v) is 1.36. The molecule has 0 aromatic rings. The number of amides is 2. The summed E-state index contributed by atoms with van der Waals surface area (Å²) >= 11 is 0. The summed E-state index contributed by atoms with van der Waals surface area (Å²) in [6.45, 7) is 4.19. The van der Waals surface area contributed by atoms with Crippen LogP contribution in [0, 0.1) is 0 Å². The highest BCUT2D eigenvalue weighted by molar-refractivity contribution is 5.80. The number of nitrogens with one attached hydrogen (secondary N) is 1. The number of carbonyl (C=O) groups excluding carboxylic acids is 2. The molecule has 0 saturated heterocycles. The quantitative estimate of drug-likeness (QED) is 0.566. The van der Waals surface area contributed by atoms with Crippen LogP contribution in [0.5, 0.6) is 0 Å². The van der Waals surface area contributed by atoms with E-state index >= 15 is 0 Å². The van der Waals surface area contributed by atoms with E-state index in [9.17, 15) is 9.59 Å². The van der Waals surface area contributed by atoms with Crippen molar-refractivity contribution in [3.05, 3.63) is 0 Å². The first kappa shape index (κ1) is 15.9. The second kappa shape index (κ2) is 8.95. The van der Waals surface area contributed by atoms with Crippen molar-refractivity contribution in [2.24, 2.45) is 5.73 Å². The molecule has 0 aliphatic carbocycles. The van der Waals surface area contributed by atoms with Crippen LogP contribution < -0.4 is 11.1 Å². The fraction of sp³-hybridized carbons (Fsp3) is 0.818. The zero-order valence-corrected chi connectivity index (χ0v) is 11.0. The van der Waals surface area contributed by atoms with Gasteiger partial charge >= 0.3 is 0 Å². The molecule has 0 fully saturated rings. The van der Waals surface area contributed by atoms with Crippen molar-refractivity contribution in [2.45, 2.75) is 13.3 Å². The lowest BCUT2D eigenvalue weighted by molar-refractivity contribution is -0.131. The summed E-state index contributed by atoms with van der Waals surface area (Å²) in [4.78, 5) is 26.3. The maximum Gasteiger partial charge on any atom is 0.236 e. The van der Waals surface area contributed by atoms with Crippen LogP contribution >= 0.6 is 0 Å². The second-order valence-corrected chi connectivity index (χ2v) is 4.08. The molecule has 0 aromatic heterocycles. The van der Waals surface area contributed by atoms with Gasteiger partial charge < -0.3 is 16.0 Å². The van der Waals surface area contributed by atoms with Gasteiger partial charge in [0.15, 0.2) is 0 Å². The molecule has 0 aliphatic heterocycles. The van der Waals surface area contributed by atoms with Crippen molar-refractivity contribution >= 4 is 11.8 Å². The van der Waals surface area contributed by atoms with Crippen molar-refractivity contribution in [2.75, 3.05) is 46.8 Å². The van der Waals surface area contributed by atoms with Crippen molar-refractivity contribution in [3.8, 4) is 0 Å². The number of likely N-dealkylation sites (N-methyl/N-ethyl adjacent to an activating group) is 3. The molecule has 0 radical (unpaired) electrons. The molecule has 100 valence electrons. The van der Waals surface area contributed by atoms with Gasteiger partial charge in [-0.3, -0.25) is 14.5 Å². The van der Waals surface area contributed by atoms with Gasteiger partial charge in [0.25, 0.3) is 0 Å². The van der Waals surface area contributed by atoms with E-state index in [2.05, 4.69) is 5.32 Å². The van der Waals surface area contributed by atoms with E-state index < -0.39 is 0 Å². The number of hydrogen-bond donors (Lipinski definition) is 2. The van der Waals surface area contributed by atoms with E-state index in [-0.39, 0.29) is 24.9 Å². The summed E-state index contributed by atoms with van der Waals surface area (Å²) in [6, 6.07) is 0. The standard InChI is InChI=1S/C11H24N4O2/c1-4-13-10(16)8-14(2)9-11(17)15(3)7-5-6-12/h4-9,12H2,1-3H3,(H,13,16). The number of rotatable bonds is 8. The SMILES string of the molecule is CCNC(=O)CN(C)CC(=O)N(C)CCCN. The van der Waals surface area contributed by atoms with Gasteiger partial charge in [-0.1, -0.05) is 0 Å². The monoisotopic (exact) mass is 244 g/mol. The summed E-state index contributed by atoms with van der Waals surface area (Å²) in [5.41, 5.74) is 5.38. The van der Waals surface area contributed by atoms with E-state index in [0.717, 1.165) is 6.42 Å². The van der Waals surface area contributed by atoms with Gasteiger partial charge in [-0.25, -0.2) is 0 Å². The first-order valence-electron chi connectivity index (χ1n) is 5.90. The number of carbonyl (C=O) groups is 2. The predicted molar refractivity (Wildman–Crippen MR) is 67.5 cm³/mol. The van der Waals surface area contributed by atoms with Crippen molar-refractivity contribution < 1.29 is 9.59 Å². The average molecular weight is 244 g/mol. The van der Waals surface area contributed by atoms with Crippen LogP contribution in [-0.2, 0) is 9.59 Å². The molecule has 0 aliphatic rings. The third-order valence-electron chi connectivity index (χ3n) is 2.32. The predicted octanol–water partition coefficient (Wildman–Crippen LogP) is -1.14. The maximum absolute atomic E-state index is 11.7. The Morgan fingerprint density at radius 2 is 1.88 bits per heavy atom. The normalized spacial score (nSPS) is 10.4. The molecule has 0 aromatic carbocycles. The molecule has 0 bridgehead atoms. The first-order valence-corrected chi connectivity index (χ1v) is 5.90. The van der Waals surface area contributed by atoms with E-state index in [0.29, 0.717) is 19.6 Å². The van der Waals surface area contributed by atoms with Gasteiger partial charge in [0, 0.05) is 20.1 Å². The van der Waals surface area contributed by atoms with Crippen molar-refractivity contribution in [1.29, 1.82) is 0 Å². The van der Waals surface area contributed by atoms with Crippen LogP contribution in [0.4, 0.5) is 0 Å². The van der Waals surface area contributed by atoms with Crippen LogP contribution in [0.25, 0.3) is 0 Å². The van der Waals surface area contributed by atoms with Crippen LogP contribution in [0.1, 0.15) is 13.3 Å². The number of nitrogens with zero attached hydrogens (tertiary/aromatic N) is 2. The van der Waals surface area contributed by atoms with Gasteiger partial charge in [0.1, 0.15) is 0 Å². The van der Waals surface area contributed by atoms with Crippen LogP contribution in [-0.4, -0.2) is 68.4 Å². The summed E-state index contributed by atoms with van der Waals surface area (Å²) in [5, 5.41) is 2.69. The molecule has 0 rings (SSSR count). The molecule has 0 atom stereocenters. The highest BCUT2D eigenvalue weighted by Crippen LogP contribution is 1.91. The van der Waals surface area contributed by atoms with Gasteiger partial charge in [-0.15, -0.1) is 0 Å². The molecule has 6 nitrogen and oxygen atoms in total. The Morgan fingerprint density at radius 3 is 2.41 bits per heavy atom. The largest absolute Gasteiger partial charge is 0.355 e. The highest BCUT2D eigenvalue weighted by atomic mass is 16.2. The molecule has 0 spiro atoms. The summed E-state index contributed by atoms with van der Waals surface area (Å²) in [5.74, 6) is -0.0577. The third kappa shape index (κ3) is 7.70. The minimum absolute atomic E-state index is 0.00486. The van der Waals surface area contributed by atoms with E-state index in [1.807, 2.05) is 6.92 Å². The average Bonchev–Trinajstić information content (AvgIpc) is 2.25. The van der Waals surface area contributed by atoms with Crippen LogP contribution in [0.2, 0.25) is 0 Å². The lowest BCUT2D eigenvalue weighted by atomic mass is 10.3. The maximum atomic E-state index is 11.7. The zero-order chi connectivity index (χ0) is 13.3. The van der Waals surface area contributed by atoms with Crippen LogP contribution in [0.3, 0.4) is 0 Å². The first-order chi connectivity index (χ1) is 8.01. The second-order valence-electron chi connectivity index (χ2n) is 4.08. The van der Waals surface area contributed by atoms with Gasteiger partial charge in [-0.05, 0) is 26.9 Å². The van der Waals surface area contributed by atoms with E-state index in [4.69, 9.17) is 5.73 Å². The third-order valence-corrected chi connectivity index (χ3v) is 2.32. The molecule has 3 N–H and O–H groups in total. The Morgan fingerprint density at radius 1 is 1.24 bits per heavy atom. The number of hydrogen-bond acceptors (Lipinski definition) is 4. The smallest absolute Gasteiger partial charge is 0.236 e. The van der Waals surface area contributed by atoms with Gasteiger partial charge in [-0.2, -0.15) is 0 Å². The Kier molecular flexibility index (Phi) is 8.35. The fourth-order valence-electron chi connectivity index (χ4n) is 1.36. The summed E-state index contributed by atoms with van der Waals surface area (Å²) < 4.78 is 0. The van der Waals surface area contributed by atoms with Crippen LogP contribution in [0.15, 0.2) is 0 Å². The van der Waals surface area contributed by atoms with Gasteiger partial charge in [0.05, 0.1) is 13.1 Å². The van der Waals surface area contributed by atoms with E-state index in [1.165, 1.54) is 0 Å². The molecule has 0 saturated carbocycles. The minimum atomic E-state index is -0.0626. The van der Waals surface area contributed by atoms with E-state index in [1.54, 1.807) is 23.9 Å². The van der Waals surface area contributed by atoms with Crippen molar-refractivity contribution in [1.82, 2.24) is 15.1 Å². The molecular formula is C11H24N4O2. The molecule has 0 unspecified atom stereocenters.